The van der Waals surface area contributed by atoms with Gasteiger partial charge in [-0.1, -0.05) is 0 Å². The first kappa shape index (κ1) is 14.9. The number of aromatic nitrogens is 1. The van der Waals surface area contributed by atoms with Gasteiger partial charge in [-0.15, -0.1) is 23.7 Å². The highest BCUT2D eigenvalue weighted by molar-refractivity contribution is 7.07. The molecule has 5 heteroatoms. The number of nitrogens with one attached hydrogen (secondary N) is 1. The summed E-state index contributed by atoms with van der Waals surface area (Å²) in [7, 11) is 2.19. The summed E-state index contributed by atoms with van der Waals surface area (Å²) in [5.41, 5.74) is 3.11. The third-order valence-electron chi connectivity index (χ3n) is 3.23. The smallest absolute Gasteiger partial charge is 0.0795 e. The molecule has 1 fully saturated rings. The maximum Gasteiger partial charge on any atom is 0.0795 e. The van der Waals surface area contributed by atoms with Gasteiger partial charge in [-0.3, -0.25) is 0 Å². The fourth-order valence-corrected chi connectivity index (χ4v) is 2.79. The van der Waals surface area contributed by atoms with E-state index in [4.69, 9.17) is 0 Å². The fraction of sp³-hybridized carbons (Fsp3) is 0.750. The van der Waals surface area contributed by atoms with E-state index < -0.39 is 0 Å². The number of piperidine rings is 1. The van der Waals surface area contributed by atoms with Crippen molar-refractivity contribution in [1.29, 1.82) is 0 Å². The second-order valence-corrected chi connectivity index (χ2v) is 5.44. The molecule has 0 saturated carbocycles. The Hall–Kier alpha value is -0.160. The minimum absolute atomic E-state index is 0. The summed E-state index contributed by atoms with van der Waals surface area (Å²) >= 11 is 1.68. The summed E-state index contributed by atoms with van der Waals surface area (Å²) in [6.07, 6.45) is 4.06. The van der Waals surface area contributed by atoms with Crippen molar-refractivity contribution in [2.75, 3.05) is 26.7 Å². The quantitative estimate of drug-likeness (QED) is 0.894. The highest BCUT2D eigenvalue weighted by atomic mass is 35.5. The third kappa shape index (κ3) is 5.34. The molecule has 1 aromatic rings. The summed E-state index contributed by atoms with van der Waals surface area (Å²) in [6, 6.07) is 0. The number of hydrogen-bond donors (Lipinski definition) is 1. The van der Waals surface area contributed by atoms with Crippen molar-refractivity contribution in [1.82, 2.24) is 15.2 Å². The standard InChI is InChI=1S/C12H21N3S.ClH/c1-15(8-12-9-16-10-14-12)6-4-11-3-2-5-13-7-11;/h9-11,13H,2-8H2,1H3;1H. The molecule has 1 N–H and O–H groups in total. The number of nitrogens with zero attached hydrogens (tertiary/aromatic N) is 2. The van der Waals surface area contributed by atoms with Crippen LogP contribution in [0.1, 0.15) is 25.0 Å². The van der Waals surface area contributed by atoms with Gasteiger partial charge in [0.2, 0.25) is 0 Å². The molecule has 0 spiro atoms. The van der Waals surface area contributed by atoms with Crippen LogP contribution in [0.2, 0.25) is 0 Å². The van der Waals surface area contributed by atoms with Gasteiger partial charge in [0, 0.05) is 11.9 Å². The summed E-state index contributed by atoms with van der Waals surface area (Å²) in [4.78, 5) is 6.69. The second-order valence-electron chi connectivity index (χ2n) is 4.72. The van der Waals surface area contributed by atoms with Crippen LogP contribution in [0.3, 0.4) is 0 Å². The van der Waals surface area contributed by atoms with E-state index in [0.717, 1.165) is 12.5 Å². The lowest BCUT2D eigenvalue weighted by atomic mass is 9.96. The molecule has 0 bridgehead atoms. The molecule has 0 aromatic carbocycles. The topological polar surface area (TPSA) is 28.2 Å². The van der Waals surface area contributed by atoms with E-state index in [0.29, 0.717) is 0 Å². The average molecular weight is 276 g/mol. The Bertz CT molecular complexity index is 286. The molecule has 0 radical (unpaired) electrons. The molecule has 3 nitrogen and oxygen atoms in total. The SMILES string of the molecule is CN(CCC1CCCNC1)Cc1cscn1.Cl. The van der Waals surface area contributed by atoms with Crippen LogP contribution in [0.4, 0.5) is 0 Å². The van der Waals surface area contributed by atoms with Crippen molar-refractivity contribution in [3.05, 3.63) is 16.6 Å². The van der Waals surface area contributed by atoms with Gasteiger partial charge in [0.05, 0.1) is 11.2 Å². The van der Waals surface area contributed by atoms with Gasteiger partial charge in [0.15, 0.2) is 0 Å². The van der Waals surface area contributed by atoms with Gasteiger partial charge >= 0.3 is 0 Å². The van der Waals surface area contributed by atoms with Gasteiger partial charge in [0.1, 0.15) is 0 Å². The zero-order valence-electron chi connectivity index (χ0n) is 10.4. The summed E-state index contributed by atoms with van der Waals surface area (Å²) in [5.74, 6) is 0.881. The highest BCUT2D eigenvalue weighted by Crippen LogP contribution is 2.14. The van der Waals surface area contributed by atoms with Gasteiger partial charge in [-0.2, -0.15) is 0 Å². The summed E-state index contributed by atoms with van der Waals surface area (Å²) in [6.45, 7) is 4.60. The Morgan fingerprint density at radius 1 is 1.59 bits per heavy atom. The van der Waals surface area contributed by atoms with Crippen LogP contribution in [0.15, 0.2) is 10.9 Å². The zero-order chi connectivity index (χ0) is 11.2. The molecular weight excluding hydrogens is 254 g/mol. The van der Waals surface area contributed by atoms with E-state index in [9.17, 15) is 0 Å². The minimum Gasteiger partial charge on any atom is -0.316 e. The predicted octanol–water partition coefficient (Wildman–Crippen LogP) is 2.39. The van der Waals surface area contributed by atoms with E-state index >= 15 is 0 Å². The Morgan fingerprint density at radius 3 is 3.12 bits per heavy atom. The lowest BCUT2D eigenvalue weighted by Crippen LogP contribution is -2.32. The fourth-order valence-electron chi connectivity index (χ4n) is 2.24. The number of thiazole rings is 1. The molecule has 0 amide bonds. The Balaban J connectivity index is 0.00000144. The van der Waals surface area contributed by atoms with Crippen molar-refractivity contribution in [2.45, 2.75) is 25.8 Å². The molecule has 1 saturated heterocycles. The third-order valence-corrected chi connectivity index (χ3v) is 3.87. The molecule has 17 heavy (non-hydrogen) atoms. The molecule has 1 unspecified atom stereocenters. The largest absolute Gasteiger partial charge is 0.316 e. The van der Waals surface area contributed by atoms with E-state index in [1.807, 2.05) is 5.51 Å². The maximum atomic E-state index is 4.32. The van der Waals surface area contributed by atoms with E-state index in [1.165, 1.54) is 44.6 Å². The average Bonchev–Trinajstić information content (AvgIpc) is 2.81. The first-order valence-corrected chi connectivity index (χ1v) is 7.05. The Morgan fingerprint density at radius 2 is 2.47 bits per heavy atom. The normalized spacial score (nSPS) is 20.2. The zero-order valence-corrected chi connectivity index (χ0v) is 12.0. The molecule has 1 aromatic heterocycles. The van der Waals surface area contributed by atoms with Crippen LogP contribution < -0.4 is 5.32 Å². The van der Waals surface area contributed by atoms with E-state index in [2.05, 4.69) is 27.6 Å². The lowest BCUT2D eigenvalue weighted by Gasteiger charge is -2.25. The molecule has 1 aliphatic rings. The molecular formula is C12H22ClN3S. The first-order valence-electron chi connectivity index (χ1n) is 6.11. The Labute approximate surface area is 114 Å². The van der Waals surface area contributed by atoms with Crippen LogP contribution in [0, 0.1) is 5.92 Å². The summed E-state index contributed by atoms with van der Waals surface area (Å²) < 4.78 is 0. The van der Waals surface area contributed by atoms with Crippen LogP contribution in [0.25, 0.3) is 0 Å². The predicted molar refractivity (Wildman–Crippen MR) is 75.9 cm³/mol. The van der Waals surface area contributed by atoms with Crippen molar-refractivity contribution in [3.63, 3.8) is 0 Å². The molecule has 98 valence electrons. The van der Waals surface area contributed by atoms with Crippen LogP contribution >= 0.6 is 23.7 Å². The molecule has 2 heterocycles. The molecule has 0 aliphatic carbocycles. The minimum atomic E-state index is 0. The van der Waals surface area contributed by atoms with Crippen molar-refractivity contribution in [3.8, 4) is 0 Å². The van der Waals surface area contributed by atoms with Crippen molar-refractivity contribution >= 4 is 23.7 Å². The van der Waals surface area contributed by atoms with Gasteiger partial charge < -0.3 is 10.2 Å². The number of rotatable bonds is 5. The van der Waals surface area contributed by atoms with Gasteiger partial charge in [-0.05, 0) is 51.9 Å². The first-order chi connectivity index (χ1) is 7.84. The molecule has 1 atom stereocenters. The van der Waals surface area contributed by atoms with E-state index in [-0.39, 0.29) is 12.4 Å². The van der Waals surface area contributed by atoms with Crippen LogP contribution in [-0.4, -0.2) is 36.6 Å². The number of halogens is 1. The number of hydrogen-bond acceptors (Lipinski definition) is 4. The van der Waals surface area contributed by atoms with Gasteiger partial charge in [0.25, 0.3) is 0 Å². The van der Waals surface area contributed by atoms with E-state index in [1.54, 1.807) is 11.3 Å². The molecule has 2 rings (SSSR count). The van der Waals surface area contributed by atoms with Crippen LogP contribution in [-0.2, 0) is 6.54 Å². The molecule has 1 aliphatic heterocycles. The second kappa shape index (κ2) is 8.03. The highest BCUT2D eigenvalue weighted by Gasteiger charge is 2.13. The Kier molecular flexibility index (Phi) is 7.04. The van der Waals surface area contributed by atoms with Crippen LogP contribution in [0.5, 0.6) is 0 Å². The monoisotopic (exact) mass is 275 g/mol. The van der Waals surface area contributed by atoms with Crippen molar-refractivity contribution in [2.24, 2.45) is 5.92 Å². The van der Waals surface area contributed by atoms with Gasteiger partial charge in [-0.25, -0.2) is 4.98 Å². The maximum absolute atomic E-state index is 4.32. The lowest BCUT2D eigenvalue weighted by molar-refractivity contribution is 0.266. The van der Waals surface area contributed by atoms with Crippen molar-refractivity contribution < 1.29 is 0 Å². The summed E-state index contributed by atoms with van der Waals surface area (Å²) in [5, 5.41) is 5.61.